The van der Waals surface area contributed by atoms with E-state index >= 15 is 0 Å². The molecule has 1 aromatic carbocycles. The first kappa shape index (κ1) is 13.9. The molecule has 1 aliphatic heterocycles. The maximum absolute atomic E-state index is 6.06. The molecule has 0 unspecified atom stereocenters. The average Bonchev–Trinajstić information content (AvgIpc) is 2.79. The van der Waals surface area contributed by atoms with Gasteiger partial charge in [-0.25, -0.2) is 0 Å². The number of nitrogen functional groups attached to an aromatic ring is 1. The van der Waals surface area contributed by atoms with Gasteiger partial charge in [-0.2, -0.15) is 5.10 Å². The number of anilines is 1. The highest BCUT2D eigenvalue weighted by Crippen LogP contribution is 2.37. The van der Waals surface area contributed by atoms with Gasteiger partial charge in [-0.3, -0.25) is 5.10 Å². The first-order chi connectivity index (χ1) is 9.21. The Kier molecular flexibility index (Phi) is 2.94. The molecule has 0 atom stereocenters. The lowest BCUT2D eigenvalue weighted by molar-refractivity contribution is 0.00578. The van der Waals surface area contributed by atoms with Crippen molar-refractivity contribution in [3.8, 4) is 0 Å². The molecule has 2 aromatic rings. The average molecular weight is 338 g/mol. The number of aromatic nitrogens is 2. The van der Waals surface area contributed by atoms with Crippen LogP contribution in [0.1, 0.15) is 27.7 Å². The van der Waals surface area contributed by atoms with Crippen LogP contribution in [0.2, 0.25) is 0 Å². The van der Waals surface area contributed by atoms with Crippen LogP contribution in [-0.2, 0) is 9.31 Å². The van der Waals surface area contributed by atoms with E-state index in [4.69, 9.17) is 15.0 Å². The summed E-state index contributed by atoms with van der Waals surface area (Å²) in [6.45, 7) is 8.14. The van der Waals surface area contributed by atoms with Crippen LogP contribution in [0.15, 0.2) is 16.6 Å². The monoisotopic (exact) mass is 337 g/mol. The fraction of sp³-hybridized carbons (Fsp3) is 0.462. The molecule has 3 rings (SSSR count). The standard InChI is InChI=1S/C13H17BBrN3O2/c1-12(2)13(3,4)20-14(19-12)7-5-8-10(9(15)6-7)17-18-11(8)16/h5-6H,1-4H3,(H3,16,17,18). The van der Waals surface area contributed by atoms with Crippen molar-refractivity contribution in [2.75, 3.05) is 5.73 Å². The second-order valence-corrected chi connectivity index (χ2v) is 6.98. The summed E-state index contributed by atoms with van der Waals surface area (Å²) in [6.07, 6.45) is 0. The fourth-order valence-electron chi connectivity index (χ4n) is 2.23. The predicted molar refractivity (Wildman–Crippen MR) is 83.9 cm³/mol. The summed E-state index contributed by atoms with van der Waals surface area (Å²) in [7, 11) is -0.407. The molecule has 0 saturated carbocycles. The number of nitrogens with two attached hydrogens (primary N) is 1. The third kappa shape index (κ3) is 1.96. The van der Waals surface area contributed by atoms with Crippen LogP contribution in [0.3, 0.4) is 0 Å². The highest BCUT2D eigenvalue weighted by molar-refractivity contribution is 9.10. The van der Waals surface area contributed by atoms with Gasteiger partial charge in [-0.15, -0.1) is 0 Å². The van der Waals surface area contributed by atoms with Crippen LogP contribution >= 0.6 is 15.9 Å². The van der Waals surface area contributed by atoms with E-state index < -0.39 is 7.12 Å². The number of H-pyrrole nitrogens is 1. The van der Waals surface area contributed by atoms with E-state index in [1.807, 2.05) is 39.8 Å². The Balaban J connectivity index is 2.06. The molecule has 0 spiro atoms. The first-order valence-corrected chi connectivity index (χ1v) is 7.29. The zero-order valence-corrected chi connectivity index (χ0v) is 13.5. The van der Waals surface area contributed by atoms with E-state index in [1.165, 1.54) is 0 Å². The number of aromatic amines is 1. The van der Waals surface area contributed by atoms with Crippen molar-refractivity contribution in [2.24, 2.45) is 0 Å². The van der Waals surface area contributed by atoms with Crippen molar-refractivity contribution < 1.29 is 9.31 Å². The Hall–Kier alpha value is -1.05. The molecule has 0 radical (unpaired) electrons. The maximum atomic E-state index is 6.06. The number of nitrogens with one attached hydrogen (secondary N) is 1. The summed E-state index contributed by atoms with van der Waals surface area (Å²) in [4.78, 5) is 0. The van der Waals surface area contributed by atoms with Crippen molar-refractivity contribution >= 4 is 45.2 Å². The van der Waals surface area contributed by atoms with Crippen molar-refractivity contribution in [1.82, 2.24) is 10.2 Å². The number of fused-ring (bicyclic) bond motifs is 1. The maximum Gasteiger partial charge on any atom is 0.494 e. The summed E-state index contributed by atoms with van der Waals surface area (Å²) >= 11 is 3.53. The Morgan fingerprint density at radius 2 is 1.80 bits per heavy atom. The van der Waals surface area contributed by atoms with Gasteiger partial charge in [0, 0.05) is 9.86 Å². The molecule has 20 heavy (non-hydrogen) atoms. The summed E-state index contributed by atoms with van der Waals surface area (Å²) in [6, 6.07) is 3.93. The second-order valence-electron chi connectivity index (χ2n) is 6.12. The van der Waals surface area contributed by atoms with Gasteiger partial charge >= 0.3 is 7.12 Å². The van der Waals surface area contributed by atoms with E-state index in [0.717, 1.165) is 20.8 Å². The lowest BCUT2D eigenvalue weighted by atomic mass is 9.78. The predicted octanol–water partition coefficient (Wildman–Crippen LogP) is 2.21. The topological polar surface area (TPSA) is 73.2 Å². The molecule has 1 aliphatic rings. The molecule has 106 valence electrons. The Morgan fingerprint density at radius 3 is 2.40 bits per heavy atom. The minimum absolute atomic E-state index is 0.360. The molecule has 1 fully saturated rings. The lowest BCUT2D eigenvalue weighted by Crippen LogP contribution is -2.41. The number of hydrogen-bond acceptors (Lipinski definition) is 4. The van der Waals surface area contributed by atoms with E-state index in [0.29, 0.717) is 5.82 Å². The summed E-state index contributed by atoms with van der Waals surface area (Å²) in [5, 5.41) is 7.79. The van der Waals surface area contributed by atoms with Gasteiger partial charge in [0.05, 0.1) is 16.7 Å². The minimum Gasteiger partial charge on any atom is -0.399 e. The first-order valence-electron chi connectivity index (χ1n) is 6.50. The van der Waals surface area contributed by atoms with Crippen LogP contribution in [0, 0.1) is 0 Å². The molecule has 2 heterocycles. The molecular weight excluding hydrogens is 321 g/mol. The van der Waals surface area contributed by atoms with Crippen LogP contribution < -0.4 is 11.2 Å². The number of halogens is 1. The number of nitrogens with zero attached hydrogens (tertiary/aromatic N) is 1. The van der Waals surface area contributed by atoms with Gasteiger partial charge in [-0.05, 0) is 61.2 Å². The zero-order chi connectivity index (χ0) is 14.7. The quantitative estimate of drug-likeness (QED) is 0.782. The van der Waals surface area contributed by atoms with Gasteiger partial charge in [0.25, 0.3) is 0 Å². The Labute approximate surface area is 126 Å². The number of benzene rings is 1. The van der Waals surface area contributed by atoms with E-state index in [-0.39, 0.29) is 11.2 Å². The summed E-state index contributed by atoms with van der Waals surface area (Å²) in [5.41, 5.74) is 6.96. The van der Waals surface area contributed by atoms with Crippen LogP contribution in [0.4, 0.5) is 5.82 Å². The van der Waals surface area contributed by atoms with Gasteiger partial charge in [0.2, 0.25) is 0 Å². The normalized spacial score (nSPS) is 20.8. The zero-order valence-electron chi connectivity index (χ0n) is 12.0. The number of hydrogen-bond donors (Lipinski definition) is 2. The van der Waals surface area contributed by atoms with Crippen LogP contribution in [-0.4, -0.2) is 28.5 Å². The van der Waals surface area contributed by atoms with Gasteiger partial charge in [0.15, 0.2) is 5.82 Å². The van der Waals surface area contributed by atoms with Crippen molar-refractivity contribution in [1.29, 1.82) is 0 Å². The van der Waals surface area contributed by atoms with Gasteiger partial charge in [-0.1, -0.05) is 0 Å². The molecule has 0 amide bonds. The van der Waals surface area contributed by atoms with Crippen LogP contribution in [0.5, 0.6) is 0 Å². The van der Waals surface area contributed by atoms with Crippen LogP contribution in [0.25, 0.3) is 10.9 Å². The van der Waals surface area contributed by atoms with Crippen molar-refractivity contribution in [3.05, 3.63) is 16.6 Å². The molecule has 0 aliphatic carbocycles. The fourth-order valence-corrected chi connectivity index (χ4v) is 2.80. The van der Waals surface area contributed by atoms with E-state index in [1.54, 1.807) is 0 Å². The SMILES string of the molecule is CC1(C)OB(c2cc(Br)c3[nH]nc(N)c3c2)OC1(C)C. The third-order valence-corrected chi connectivity index (χ3v) is 4.83. The molecule has 1 saturated heterocycles. The molecule has 7 heteroatoms. The molecule has 1 aromatic heterocycles. The van der Waals surface area contributed by atoms with Gasteiger partial charge < -0.3 is 15.0 Å². The second kappa shape index (κ2) is 4.22. The van der Waals surface area contributed by atoms with E-state index in [9.17, 15) is 0 Å². The Bertz CT molecular complexity index is 668. The minimum atomic E-state index is -0.407. The molecule has 5 nitrogen and oxygen atoms in total. The lowest BCUT2D eigenvalue weighted by Gasteiger charge is -2.32. The van der Waals surface area contributed by atoms with Crippen molar-refractivity contribution in [3.63, 3.8) is 0 Å². The summed E-state index contributed by atoms with van der Waals surface area (Å²) < 4.78 is 13.0. The molecular formula is C13H17BBrN3O2. The highest BCUT2D eigenvalue weighted by Gasteiger charge is 2.51. The smallest absolute Gasteiger partial charge is 0.399 e. The molecule has 0 bridgehead atoms. The van der Waals surface area contributed by atoms with E-state index in [2.05, 4.69) is 26.1 Å². The molecule has 3 N–H and O–H groups in total. The largest absolute Gasteiger partial charge is 0.494 e. The summed E-state index contributed by atoms with van der Waals surface area (Å²) in [5.74, 6) is 0.471. The Morgan fingerprint density at radius 1 is 1.20 bits per heavy atom. The van der Waals surface area contributed by atoms with Gasteiger partial charge in [0.1, 0.15) is 0 Å². The van der Waals surface area contributed by atoms with Crippen molar-refractivity contribution in [2.45, 2.75) is 38.9 Å². The number of rotatable bonds is 1. The highest BCUT2D eigenvalue weighted by atomic mass is 79.9. The third-order valence-electron chi connectivity index (χ3n) is 4.20.